The molecular weight excluding hydrogens is 256 g/mol. The van der Waals surface area contributed by atoms with E-state index < -0.39 is 11.4 Å². The van der Waals surface area contributed by atoms with Crippen LogP contribution < -0.4 is 20.5 Å². The lowest BCUT2D eigenvalue weighted by Crippen LogP contribution is -2.51. The highest BCUT2D eigenvalue weighted by Crippen LogP contribution is 2.35. The molecule has 110 valence electrons. The fourth-order valence-electron chi connectivity index (χ4n) is 2.20. The Balaban J connectivity index is 2.33. The summed E-state index contributed by atoms with van der Waals surface area (Å²) in [5.74, 6) is 1.51. The molecule has 1 aromatic rings. The highest BCUT2D eigenvalue weighted by atomic mass is 16.5. The van der Waals surface area contributed by atoms with Crippen molar-refractivity contribution in [3.63, 3.8) is 0 Å². The van der Waals surface area contributed by atoms with Gasteiger partial charge in [0.25, 0.3) is 0 Å². The normalized spacial score (nSPS) is 17.4. The minimum Gasteiger partial charge on any atom is -0.497 e. The van der Waals surface area contributed by atoms with Crippen LogP contribution in [0.25, 0.3) is 0 Å². The standard InChI is InChI=1S/C15H22N2O3/c1-15(14(16)18,17-9-10-4-5-10)12-7-6-11(19-2)8-13(12)20-3/h6-8,10,17H,4-5,9H2,1-3H3,(H2,16,18). The molecule has 0 saturated heterocycles. The van der Waals surface area contributed by atoms with Crippen LogP contribution in [0.1, 0.15) is 25.3 Å². The number of hydrogen-bond acceptors (Lipinski definition) is 4. The van der Waals surface area contributed by atoms with Crippen LogP contribution in [0.4, 0.5) is 0 Å². The summed E-state index contributed by atoms with van der Waals surface area (Å²) in [7, 11) is 3.16. The Morgan fingerprint density at radius 3 is 2.60 bits per heavy atom. The first kappa shape index (κ1) is 14.7. The zero-order valence-electron chi connectivity index (χ0n) is 12.2. The van der Waals surface area contributed by atoms with Crippen LogP contribution in [0.3, 0.4) is 0 Å². The molecule has 5 heteroatoms. The molecule has 1 fully saturated rings. The minimum atomic E-state index is -0.944. The van der Waals surface area contributed by atoms with Gasteiger partial charge in [0.05, 0.1) is 14.2 Å². The maximum absolute atomic E-state index is 12.0. The fourth-order valence-corrected chi connectivity index (χ4v) is 2.20. The summed E-state index contributed by atoms with van der Waals surface area (Å²) in [6, 6.07) is 5.38. The Morgan fingerprint density at radius 1 is 1.40 bits per heavy atom. The number of hydrogen-bond donors (Lipinski definition) is 2. The Morgan fingerprint density at radius 2 is 2.10 bits per heavy atom. The summed E-state index contributed by atoms with van der Waals surface area (Å²) < 4.78 is 10.6. The van der Waals surface area contributed by atoms with Crippen LogP contribution in [-0.2, 0) is 10.3 Å². The van der Waals surface area contributed by atoms with Gasteiger partial charge in [0, 0.05) is 11.6 Å². The summed E-state index contributed by atoms with van der Waals surface area (Å²) >= 11 is 0. The van der Waals surface area contributed by atoms with Crippen LogP contribution in [0.2, 0.25) is 0 Å². The van der Waals surface area contributed by atoms with Crippen molar-refractivity contribution in [2.45, 2.75) is 25.3 Å². The van der Waals surface area contributed by atoms with E-state index in [1.807, 2.05) is 6.07 Å². The van der Waals surface area contributed by atoms with Crippen LogP contribution in [0.15, 0.2) is 18.2 Å². The van der Waals surface area contributed by atoms with Crippen LogP contribution in [0, 0.1) is 5.92 Å². The summed E-state index contributed by atoms with van der Waals surface area (Å²) in [4.78, 5) is 12.0. The summed E-state index contributed by atoms with van der Waals surface area (Å²) in [5, 5.41) is 3.29. The molecule has 1 aliphatic carbocycles. The predicted octanol–water partition coefficient (Wildman–Crippen LogP) is 1.40. The summed E-state index contributed by atoms with van der Waals surface area (Å²) in [6.07, 6.45) is 2.42. The van der Waals surface area contributed by atoms with E-state index in [0.29, 0.717) is 17.4 Å². The summed E-state index contributed by atoms with van der Waals surface area (Å²) in [5.41, 5.74) is 5.40. The second kappa shape index (κ2) is 5.71. The monoisotopic (exact) mass is 278 g/mol. The topological polar surface area (TPSA) is 73.6 Å². The van der Waals surface area contributed by atoms with E-state index >= 15 is 0 Å². The zero-order chi connectivity index (χ0) is 14.8. The molecular formula is C15H22N2O3. The van der Waals surface area contributed by atoms with E-state index in [1.165, 1.54) is 12.8 Å². The number of methoxy groups -OCH3 is 2. The number of rotatable bonds is 7. The molecule has 0 bridgehead atoms. The third-order valence-corrected chi connectivity index (χ3v) is 3.88. The minimum absolute atomic E-state index is 0.415. The second-order valence-corrected chi connectivity index (χ2v) is 5.38. The number of carbonyl (C=O) groups is 1. The number of amides is 1. The van der Waals surface area contributed by atoms with Gasteiger partial charge >= 0.3 is 0 Å². The largest absolute Gasteiger partial charge is 0.497 e. The molecule has 0 aromatic heterocycles. The third-order valence-electron chi connectivity index (χ3n) is 3.88. The molecule has 1 aromatic carbocycles. The van der Waals surface area contributed by atoms with Crippen molar-refractivity contribution < 1.29 is 14.3 Å². The number of carbonyl (C=O) groups excluding carboxylic acids is 1. The maximum Gasteiger partial charge on any atom is 0.242 e. The van der Waals surface area contributed by atoms with Crippen molar-refractivity contribution in [2.75, 3.05) is 20.8 Å². The van der Waals surface area contributed by atoms with Gasteiger partial charge in [0.1, 0.15) is 17.0 Å². The molecule has 20 heavy (non-hydrogen) atoms. The van der Waals surface area contributed by atoms with Gasteiger partial charge in [0.2, 0.25) is 5.91 Å². The lowest BCUT2D eigenvalue weighted by Gasteiger charge is -2.29. The maximum atomic E-state index is 12.0. The molecule has 1 atom stereocenters. The molecule has 2 rings (SSSR count). The van der Waals surface area contributed by atoms with E-state index in [9.17, 15) is 4.79 Å². The molecule has 0 spiro atoms. The van der Waals surface area contributed by atoms with Gasteiger partial charge in [0.15, 0.2) is 0 Å². The number of ether oxygens (including phenoxy) is 2. The van der Waals surface area contributed by atoms with Gasteiger partial charge in [-0.05, 0) is 44.4 Å². The first-order valence-electron chi connectivity index (χ1n) is 6.78. The first-order valence-corrected chi connectivity index (χ1v) is 6.78. The lowest BCUT2D eigenvalue weighted by atomic mass is 9.90. The fraction of sp³-hybridized carbons (Fsp3) is 0.533. The highest BCUT2D eigenvalue weighted by Gasteiger charge is 2.37. The molecule has 5 nitrogen and oxygen atoms in total. The van der Waals surface area contributed by atoms with Crippen molar-refractivity contribution in [1.29, 1.82) is 0 Å². The third kappa shape index (κ3) is 2.88. The van der Waals surface area contributed by atoms with Crippen molar-refractivity contribution in [1.82, 2.24) is 5.32 Å². The zero-order valence-corrected chi connectivity index (χ0v) is 12.2. The van der Waals surface area contributed by atoms with Crippen molar-refractivity contribution in [3.05, 3.63) is 23.8 Å². The summed E-state index contributed by atoms with van der Waals surface area (Å²) in [6.45, 7) is 2.58. The Labute approximate surface area is 119 Å². The van der Waals surface area contributed by atoms with E-state index in [4.69, 9.17) is 15.2 Å². The van der Waals surface area contributed by atoms with Crippen molar-refractivity contribution in [2.24, 2.45) is 11.7 Å². The van der Waals surface area contributed by atoms with Gasteiger partial charge in [-0.2, -0.15) is 0 Å². The Bertz CT molecular complexity index is 500. The van der Waals surface area contributed by atoms with Gasteiger partial charge in [-0.3, -0.25) is 10.1 Å². The Kier molecular flexibility index (Phi) is 4.18. The molecule has 1 aliphatic rings. The number of benzene rings is 1. The smallest absolute Gasteiger partial charge is 0.242 e. The van der Waals surface area contributed by atoms with Gasteiger partial charge in [-0.25, -0.2) is 0 Å². The highest BCUT2D eigenvalue weighted by molar-refractivity contribution is 5.86. The average molecular weight is 278 g/mol. The molecule has 0 aliphatic heterocycles. The molecule has 1 unspecified atom stereocenters. The second-order valence-electron chi connectivity index (χ2n) is 5.38. The first-order chi connectivity index (χ1) is 9.51. The van der Waals surface area contributed by atoms with Crippen LogP contribution >= 0.6 is 0 Å². The van der Waals surface area contributed by atoms with E-state index in [1.54, 1.807) is 33.3 Å². The van der Waals surface area contributed by atoms with E-state index in [2.05, 4.69) is 5.32 Å². The number of nitrogens with one attached hydrogen (secondary N) is 1. The SMILES string of the molecule is COc1ccc(C(C)(NCC2CC2)C(N)=O)c(OC)c1. The quantitative estimate of drug-likeness (QED) is 0.791. The Hall–Kier alpha value is -1.75. The predicted molar refractivity (Wildman–Crippen MR) is 76.8 cm³/mol. The lowest BCUT2D eigenvalue weighted by molar-refractivity contribution is -0.124. The number of nitrogens with two attached hydrogens (primary N) is 1. The average Bonchev–Trinajstić information content (AvgIpc) is 3.28. The molecule has 3 N–H and O–H groups in total. The van der Waals surface area contributed by atoms with Gasteiger partial charge < -0.3 is 15.2 Å². The van der Waals surface area contributed by atoms with E-state index in [0.717, 1.165) is 12.1 Å². The van der Waals surface area contributed by atoms with Crippen LogP contribution in [-0.4, -0.2) is 26.7 Å². The van der Waals surface area contributed by atoms with Gasteiger partial charge in [-0.1, -0.05) is 0 Å². The molecule has 1 saturated carbocycles. The van der Waals surface area contributed by atoms with Crippen LogP contribution in [0.5, 0.6) is 11.5 Å². The molecule has 0 heterocycles. The number of primary amides is 1. The molecule has 1 amide bonds. The van der Waals surface area contributed by atoms with E-state index in [-0.39, 0.29) is 0 Å². The van der Waals surface area contributed by atoms with Crippen molar-refractivity contribution in [3.8, 4) is 11.5 Å². The molecule has 0 radical (unpaired) electrons. The van der Waals surface area contributed by atoms with Crippen molar-refractivity contribution >= 4 is 5.91 Å². The van der Waals surface area contributed by atoms with Gasteiger partial charge in [-0.15, -0.1) is 0 Å².